The lowest BCUT2D eigenvalue weighted by atomic mass is 9.83. The molecule has 1 unspecified atom stereocenters. The fourth-order valence-electron chi connectivity index (χ4n) is 3.68. The van der Waals surface area contributed by atoms with E-state index in [1.807, 2.05) is 24.3 Å². The van der Waals surface area contributed by atoms with Gasteiger partial charge in [-0.05, 0) is 28.5 Å². The highest BCUT2D eigenvalue weighted by Crippen LogP contribution is 2.52. The zero-order valence-electron chi connectivity index (χ0n) is 11.9. The number of rotatable bonds is 0. The topological polar surface area (TPSA) is 29.5 Å². The summed E-state index contributed by atoms with van der Waals surface area (Å²) in [5.41, 5.74) is 4.21. The molecule has 5 rings (SSSR count). The number of phenols is 1. The molecule has 1 atom stereocenters. The number of hydrogen-bond donors (Lipinski definition) is 1. The summed E-state index contributed by atoms with van der Waals surface area (Å²) in [4.78, 5) is 0. The van der Waals surface area contributed by atoms with E-state index >= 15 is 0 Å². The Morgan fingerprint density at radius 1 is 0.955 bits per heavy atom. The molecule has 0 bridgehead atoms. The maximum atomic E-state index is 10.5. The van der Waals surface area contributed by atoms with Crippen molar-refractivity contribution in [2.24, 2.45) is 0 Å². The number of benzene rings is 3. The molecule has 0 saturated heterocycles. The first-order valence-electron chi connectivity index (χ1n) is 7.54. The summed E-state index contributed by atoms with van der Waals surface area (Å²) < 4.78 is 6.24. The van der Waals surface area contributed by atoms with E-state index in [2.05, 4.69) is 30.4 Å². The Morgan fingerprint density at radius 3 is 2.82 bits per heavy atom. The Kier molecular flexibility index (Phi) is 2.23. The first-order chi connectivity index (χ1) is 10.8. The third-order valence-electron chi connectivity index (χ3n) is 4.64. The van der Waals surface area contributed by atoms with Crippen LogP contribution < -0.4 is 4.74 Å². The molecular weight excluding hydrogens is 272 g/mol. The summed E-state index contributed by atoms with van der Waals surface area (Å²) in [7, 11) is 0. The maximum Gasteiger partial charge on any atom is 0.128 e. The second-order valence-corrected chi connectivity index (χ2v) is 5.87. The van der Waals surface area contributed by atoms with Gasteiger partial charge in [-0.25, -0.2) is 0 Å². The molecule has 3 aromatic carbocycles. The predicted molar refractivity (Wildman–Crippen MR) is 88.1 cm³/mol. The van der Waals surface area contributed by atoms with Crippen LogP contribution in [-0.4, -0.2) is 5.11 Å². The third kappa shape index (κ3) is 1.44. The van der Waals surface area contributed by atoms with Crippen LogP contribution in [-0.2, 0) is 0 Å². The zero-order valence-corrected chi connectivity index (χ0v) is 11.9. The molecule has 0 aromatic heterocycles. The van der Waals surface area contributed by atoms with Crippen molar-refractivity contribution in [3.05, 3.63) is 65.7 Å². The number of ether oxygens (including phenoxy) is 1. The molecule has 22 heavy (non-hydrogen) atoms. The second-order valence-electron chi connectivity index (χ2n) is 5.87. The Hall–Kier alpha value is -2.74. The van der Waals surface area contributed by atoms with Crippen molar-refractivity contribution >= 4 is 16.8 Å². The third-order valence-corrected chi connectivity index (χ3v) is 4.64. The summed E-state index contributed by atoms with van der Waals surface area (Å²) >= 11 is 0. The maximum absolute atomic E-state index is 10.5. The van der Waals surface area contributed by atoms with Gasteiger partial charge in [0.15, 0.2) is 0 Å². The van der Waals surface area contributed by atoms with E-state index in [0.717, 1.165) is 45.2 Å². The molecule has 0 amide bonds. The number of aromatic hydroxyl groups is 1. The SMILES string of the molecule is Oc1ccc2c3c1-c1c(ccc4ccccc14)OC3CC=C2. The molecule has 2 aliphatic rings. The van der Waals surface area contributed by atoms with E-state index < -0.39 is 0 Å². The lowest BCUT2D eigenvalue weighted by molar-refractivity contribution is 0.204. The number of phenolic OH excluding ortho intramolecular Hbond substituents is 1. The van der Waals surface area contributed by atoms with Crippen molar-refractivity contribution in [2.45, 2.75) is 12.5 Å². The molecule has 1 aliphatic carbocycles. The van der Waals surface area contributed by atoms with E-state index in [0.29, 0.717) is 5.75 Å². The number of fused-ring (bicyclic) bond motifs is 4. The van der Waals surface area contributed by atoms with Gasteiger partial charge in [-0.2, -0.15) is 0 Å². The van der Waals surface area contributed by atoms with E-state index in [9.17, 15) is 5.11 Å². The molecule has 1 N–H and O–H groups in total. The monoisotopic (exact) mass is 286 g/mol. The van der Waals surface area contributed by atoms with Gasteiger partial charge in [-0.1, -0.05) is 48.6 Å². The minimum Gasteiger partial charge on any atom is -0.507 e. The van der Waals surface area contributed by atoms with E-state index in [1.165, 1.54) is 0 Å². The van der Waals surface area contributed by atoms with Crippen molar-refractivity contribution in [1.82, 2.24) is 0 Å². The van der Waals surface area contributed by atoms with Crippen molar-refractivity contribution in [2.75, 3.05) is 0 Å². The minimum absolute atomic E-state index is 0.00392. The van der Waals surface area contributed by atoms with Gasteiger partial charge in [0.05, 0.1) is 0 Å². The molecule has 106 valence electrons. The minimum atomic E-state index is -0.00392. The largest absolute Gasteiger partial charge is 0.507 e. The highest BCUT2D eigenvalue weighted by Gasteiger charge is 2.32. The highest BCUT2D eigenvalue weighted by atomic mass is 16.5. The standard InChI is InChI=1S/C20H14O2/c21-15-10-8-13-5-3-7-16-18(13)20(15)19-14-6-2-1-4-12(14)9-11-17(19)22-16/h1-6,8-11,16,21H,7H2. The van der Waals surface area contributed by atoms with Crippen molar-refractivity contribution in [3.8, 4) is 22.6 Å². The van der Waals surface area contributed by atoms with Crippen molar-refractivity contribution in [3.63, 3.8) is 0 Å². The summed E-state index contributed by atoms with van der Waals surface area (Å²) in [6.07, 6.45) is 5.10. The van der Waals surface area contributed by atoms with Gasteiger partial charge in [0.25, 0.3) is 0 Å². The molecular formula is C20H14O2. The van der Waals surface area contributed by atoms with Gasteiger partial charge >= 0.3 is 0 Å². The Morgan fingerprint density at radius 2 is 1.86 bits per heavy atom. The smallest absolute Gasteiger partial charge is 0.128 e. The lowest BCUT2D eigenvalue weighted by Gasteiger charge is -2.32. The van der Waals surface area contributed by atoms with Crippen LogP contribution in [0.2, 0.25) is 0 Å². The predicted octanol–water partition coefficient (Wildman–Crippen LogP) is 5.06. The van der Waals surface area contributed by atoms with Gasteiger partial charge in [-0.3, -0.25) is 0 Å². The highest BCUT2D eigenvalue weighted by molar-refractivity contribution is 6.03. The summed E-state index contributed by atoms with van der Waals surface area (Å²) in [5.74, 6) is 1.19. The van der Waals surface area contributed by atoms with Crippen molar-refractivity contribution < 1.29 is 9.84 Å². The van der Waals surface area contributed by atoms with E-state index in [1.54, 1.807) is 6.07 Å². The summed E-state index contributed by atoms with van der Waals surface area (Å²) in [6.45, 7) is 0. The van der Waals surface area contributed by atoms with Gasteiger partial charge in [0, 0.05) is 23.1 Å². The van der Waals surface area contributed by atoms with Crippen LogP contribution in [0.3, 0.4) is 0 Å². The van der Waals surface area contributed by atoms with Crippen molar-refractivity contribution in [1.29, 1.82) is 0 Å². The average Bonchev–Trinajstić information content (AvgIpc) is 2.57. The average molecular weight is 286 g/mol. The van der Waals surface area contributed by atoms with Crippen LogP contribution in [0.1, 0.15) is 23.7 Å². The van der Waals surface area contributed by atoms with Crippen LogP contribution in [0.5, 0.6) is 11.5 Å². The molecule has 1 aliphatic heterocycles. The Bertz CT molecular complexity index is 953. The van der Waals surface area contributed by atoms with Crippen LogP contribution in [0.25, 0.3) is 28.0 Å². The number of hydrogen-bond acceptors (Lipinski definition) is 2. The molecule has 3 aromatic rings. The first kappa shape index (κ1) is 11.9. The molecule has 0 saturated carbocycles. The summed E-state index contributed by atoms with van der Waals surface area (Å²) in [6, 6.07) is 16.1. The van der Waals surface area contributed by atoms with Gasteiger partial charge in [0.1, 0.15) is 17.6 Å². The molecule has 1 heterocycles. The van der Waals surface area contributed by atoms with E-state index in [-0.39, 0.29) is 6.10 Å². The first-order valence-corrected chi connectivity index (χ1v) is 7.54. The van der Waals surface area contributed by atoms with Gasteiger partial charge in [0.2, 0.25) is 0 Å². The van der Waals surface area contributed by atoms with Gasteiger partial charge in [-0.15, -0.1) is 0 Å². The Balaban J connectivity index is 1.97. The Labute approximate surface area is 128 Å². The van der Waals surface area contributed by atoms with Crippen LogP contribution in [0.4, 0.5) is 0 Å². The fourth-order valence-corrected chi connectivity index (χ4v) is 3.68. The normalized spacial score (nSPS) is 17.7. The molecule has 2 nitrogen and oxygen atoms in total. The quantitative estimate of drug-likeness (QED) is 0.625. The summed E-state index contributed by atoms with van der Waals surface area (Å²) in [5, 5.41) is 12.8. The lowest BCUT2D eigenvalue weighted by Crippen LogP contribution is -2.17. The van der Waals surface area contributed by atoms with Gasteiger partial charge < -0.3 is 9.84 Å². The molecule has 0 radical (unpaired) electrons. The second kappa shape index (κ2) is 4.14. The molecule has 0 spiro atoms. The molecule has 0 fully saturated rings. The van der Waals surface area contributed by atoms with Crippen LogP contribution in [0, 0.1) is 0 Å². The molecule has 2 heteroatoms. The van der Waals surface area contributed by atoms with Crippen LogP contribution in [0.15, 0.2) is 54.6 Å². The zero-order chi connectivity index (χ0) is 14.7. The fraction of sp³-hybridized carbons (Fsp3) is 0.100. The van der Waals surface area contributed by atoms with E-state index in [4.69, 9.17) is 4.74 Å². The van der Waals surface area contributed by atoms with Crippen LogP contribution >= 0.6 is 0 Å².